The first kappa shape index (κ1) is 11.7. The van der Waals surface area contributed by atoms with Gasteiger partial charge in [-0.3, -0.25) is 0 Å². The first-order chi connectivity index (χ1) is 6.56. The quantitative estimate of drug-likeness (QED) is 0.633. The summed E-state index contributed by atoms with van der Waals surface area (Å²) in [4.78, 5) is 0.385. The van der Waals surface area contributed by atoms with Gasteiger partial charge in [0, 0.05) is 3.57 Å². The smallest absolute Gasteiger partial charge is 0.181 e. The van der Waals surface area contributed by atoms with Crippen LogP contribution in [0, 0.1) is 3.57 Å². The Hall–Kier alpha value is -0.360. The van der Waals surface area contributed by atoms with Crippen LogP contribution in [0.1, 0.15) is 6.92 Å². The Morgan fingerprint density at radius 1 is 1.29 bits per heavy atom. The Morgan fingerprint density at radius 3 is 2.36 bits per heavy atom. The third-order valence-corrected chi connectivity index (χ3v) is 4.06. The van der Waals surface area contributed by atoms with Crippen LogP contribution >= 0.6 is 22.6 Å². The van der Waals surface area contributed by atoms with E-state index >= 15 is 0 Å². The van der Waals surface area contributed by atoms with Crippen molar-refractivity contribution >= 4 is 32.4 Å². The average Bonchev–Trinajstić information content (AvgIpc) is 2.16. The summed E-state index contributed by atoms with van der Waals surface area (Å²) in [6.45, 7) is 1.81. The van der Waals surface area contributed by atoms with E-state index in [0.717, 1.165) is 3.57 Å². The van der Waals surface area contributed by atoms with E-state index in [0.29, 0.717) is 4.90 Å². The Kier molecular flexibility index (Phi) is 4.12. The molecule has 0 radical (unpaired) electrons. The molecule has 0 aliphatic heterocycles. The maximum atomic E-state index is 11.6. The minimum absolute atomic E-state index is 0.0735. The predicted molar refractivity (Wildman–Crippen MR) is 66.0 cm³/mol. The highest BCUT2D eigenvalue weighted by Gasteiger charge is 2.11. The second kappa shape index (κ2) is 4.93. The lowest BCUT2D eigenvalue weighted by atomic mass is 10.4. The Balaban J connectivity index is 2.99. The largest absolute Gasteiger partial charge is 0.223 e. The maximum absolute atomic E-state index is 11.6. The molecule has 1 aromatic rings. The van der Waals surface area contributed by atoms with Crippen molar-refractivity contribution in [1.82, 2.24) is 0 Å². The fourth-order valence-corrected chi connectivity index (χ4v) is 2.51. The van der Waals surface area contributed by atoms with Gasteiger partial charge in [-0.2, -0.15) is 0 Å². The highest BCUT2D eigenvalue weighted by atomic mass is 127. The van der Waals surface area contributed by atoms with Crippen LogP contribution in [0.2, 0.25) is 0 Å². The van der Waals surface area contributed by atoms with Gasteiger partial charge in [-0.25, -0.2) is 8.42 Å². The van der Waals surface area contributed by atoms with E-state index < -0.39 is 9.84 Å². The summed E-state index contributed by atoms with van der Waals surface area (Å²) in [5.41, 5.74) is 0. The van der Waals surface area contributed by atoms with Crippen LogP contribution in [-0.4, -0.2) is 14.2 Å². The lowest BCUT2D eigenvalue weighted by Crippen LogP contribution is -2.04. The lowest BCUT2D eigenvalue weighted by molar-refractivity contribution is 0.599. The van der Waals surface area contributed by atoms with Crippen molar-refractivity contribution in [3.63, 3.8) is 0 Å². The molecule has 76 valence electrons. The van der Waals surface area contributed by atoms with Gasteiger partial charge in [0.15, 0.2) is 9.84 Å². The minimum Gasteiger partial charge on any atom is -0.223 e. The van der Waals surface area contributed by atoms with Crippen LogP contribution in [0.15, 0.2) is 41.3 Å². The van der Waals surface area contributed by atoms with Crippen LogP contribution in [0.4, 0.5) is 0 Å². The molecule has 0 fully saturated rings. The molecule has 0 atom stereocenters. The topological polar surface area (TPSA) is 34.1 Å². The summed E-state index contributed by atoms with van der Waals surface area (Å²) >= 11 is 2.14. The Morgan fingerprint density at radius 2 is 1.86 bits per heavy atom. The lowest BCUT2D eigenvalue weighted by Gasteiger charge is -2.00. The van der Waals surface area contributed by atoms with E-state index in [4.69, 9.17) is 0 Å². The van der Waals surface area contributed by atoms with E-state index in [2.05, 4.69) is 22.6 Å². The number of hydrogen-bond donors (Lipinski definition) is 0. The molecule has 2 nitrogen and oxygen atoms in total. The molecular formula is C10H11IO2S. The molecule has 0 aliphatic rings. The van der Waals surface area contributed by atoms with Crippen molar-refractivity contribution < 1.29 is 8.42 Å². The van der Waals surface area contributed by atoms with Crippen LogP contribution in [-0.2, 0) is 9.84 Å². The van der Waals surface area contributed by atoms with Gasteiger partial charge in [-0.1, -0.05) is 12.2 Å². The van der Waals surface area contributed by atoms with Crippen molar-refractivity contribution in [2.24, 2.45) is 0 Å². The number of hydrogen-bond acceptors (Lipinski definition) is 2. The van der Waals surface area contributed by atoms with E-state index in [9.17, 15) is 8.42 Å². The highest BCUT2D eigenvalue weighted by molar-refractivity contribution is 14.1. The third kappa shape index (κ3) is 3.09. The van der Waals surface area contributed by atoms with Crippen molar-refractivity contribution in [2.45, 2.75) is 11.8 Å². The van der Waals surface area contributed by atoms with Gasteiger partial charge in [0.25, 0.3) is 0 Å². The normalized spacial score (nSPS) is 12.1. The maximum Gasteiger partial charge on any atom is 0.181 e. The Labute approximate surface area is 98.1 Å². The van der Waals surface area contributed by atoms with E-state index in [1.54, 1.807) is 36.4 Å². The molecule has 0 aromatic heterocycles. The number of sulfone groups is 1. The summed E-state index contributed by atoms with van der Waals surface area (Å²) in [6.07, 6.45) is 3.39. The molecule has 0 saturated carbocycles. The van der Waals surface area contributed by atoms with Gasteiger partial charge >= 0.3 is 0 Å². The van der Waals surface area contributed by atoms with Gasteiger partial charge in [-0.05, 0) is 53.8 Å². The number of benzene rings is 1. The fourth-order valence-electron chi connectivity index (χ4n) is 0.961. The molecule has 0 saturated heterocycles. The summed E-state index contributed by atoms with van der Waals surface area (Å²) in [5, 5.41) is 0. The molecule has 1 aromatic carbocycles. The number of rotatable bonds is 3. The van der Waals surface area contributed by atoms with Gasteiger partial charge < -0.3 is 0 Å². The first-order valence-electron chi connectivity index (χ1n) is 4.16. The van der Waals surface area contributed by atoms with Crippen molar-refractivity contribution in [3.05, 3.63) is 40.0 Å². The summed E-state index contributed by atoms with van der Waals surface area (Å²) in [7, 11) is -3.13. The molecule has 0 spiro atoms. The van der Waals surface area contributed by atoms with Crippen molar-refractivity contribution in [3.8, 4) is 0 Å². The highest BCUT2D eigenvalue weighted by Crippen LogP contribution is 2.13. The standard InChI is InChI=1S/C10H11IO2S/c1-2-3-8-14(12,13)10-6-4-9(11)5-7-10/h2-7H,8H2,1H3. The predicted octanol–water partition coefficient (Wildman–Crippen LogP) is 2.64. The van der Waals surface area contributed by atoms with Gasteiger partial charge in [-0.15, -0.1) is 0 Å². The molecule has 14 heavy (non-hydrogen) atoms. The molecule has 0 N–H and O–H groups in total. The van der Waals surface area contributed by atoms with Gasteiger partial charge in [0.05, 0.1) is 10.6 Å². The first-order valence-corrected chi connectivity index (χ1v) is 6.89. The van der Waals surface area contributed by atoms with Crippen LogP contribution < -0.4 is 0 Å². The van der Waals surface area contributed by atoms with Crippen LogP contribution in [0.3, 0.4) is 0 Å². The van der Waals surface area contributed by atoms with Gasteiger partial charge in [0.1, 0.15) is 0 Å². The monoisotopic (exact) mass is 322 g/mol. The van der Waals surface area contributed by atoms with E-state index in [1.165, 1.54) is 0 Å². The summed E-state index contributed by atoms with van der Waals surface area (Å²) < 4.78 is 24.3. The second-order valence-electron chi connectivity index (χ2n) is 2.80. The van der Waals surface area contributed by atoms with Crippen LogP contribution in [0.5, 0.6) is 0 Å². The van der Waals surface area contributed by atoms with Crippen molar-refractivity contribution in [2.75, 3.05) is 5.75 Å². The summed E-state index contributed by atoms with van der Waals surface area (Å²) in [6, 6.07) is 6.87. The van der Waals surface area contributed by atoms with E-state index in [1.807, 2.05) is 6.92 Å². The third-order valence-electron chi connectivity index (χ3n) is 1.72. The van der Waals surface area contributed by atoms with Gasteiger partial charge in [0.2, 0.25) is 0 Å². The molecule has 0 unspecified atom stereocenters. The second-order valence-corrected chi connectivity index (χ2v) is 6.08. The molecule has 0 amide bonds. The SMILES string of the molecule is CC=CCS(=O)(=O)c1ccc(I)cc1. The number of allylic oxidation sites excluding steroid dienone is 1. The minimum atomic E-state index is -3.13. The molecule has 4 heteroatoms. The van der Waals surface area contributed by atoms with Crippen molar-refractivity contribution in [1.29, 1.82) is 0 Å². The molecule has 0 aliphatic carbocycles. The zero-order valence-corrected chi connectivity index (χ0v) is 10.7. The van der Waals surface area contributed by atoms with Crippen LogP contribution in [0.25, 0.3) is 0 Å². The number of halogens is 1. The Bertz CT molecular complexity index is 418. The molecule has 0 heterocycles. The molecular weight excluding hydrogens is 311 g/mol. The zero-order valence-electron chi connectivity index (χ0n) is 7.77. The molecule has 0 bridgehead atoms. The zero-order chi connectivity index (χ0) is 10.6. The van der Waals surface area contributed by atoms with E-state index in [-0.39, 0.29) is 5.75 Å². The average molecular weight is 322 g/mol. The molecule has 1 rings (SSSR count). The fraction of sp³-hybridized carbons (Fsp3) is 0.200. The summed E-state index contributed by atoms with van der Waals surface area (Å²) in [5.74, 6) is 0.0735.